The summed E-state index contributed by atoms with van der Waals surface area (Å²) in [4.78, 5) is 38.5. The van der Waals surface area contributed by atoms with Crippen molar-refractivity contribution in [1.29, 1.82) is 0 Å². The number of aromatic hydroxyl groups is 1. The van der Waals surface area contributed by atoms with E-state index in [0.717, 1.165) is 12.3 Å². The molecule has 3 N–H and O–H groups in total. The van der Waals surface area contributed by atoms with Crippen molar-refractivity contribution < 1.29 is 15.0 Å². The Morgan fingerprint density at radius 1 is 1.19 bits per heavy atom. The van der Waals surface area contributed by atoms with Gasteiger partial charge in [0.1, 0.15) is 0 Å². The summed E-state index contributed by atoms with van der Waals surface area (Å²) < 4.78 is 0. The Labute approximate surface area is 149 Å². The summed E-state index contributed by atoms with van der Waals surface area (Å²) in [6, 6.07) is 8.15. The van der Waals surface area contributed by atoms with E-state index in [9.17, 15) is 30.1 Å². The Morgan fingerprint density at radius 2 is 1.93 bits per heavy atom. The lowest BCUT2D eigenvalue weighted by Crippen LogP contribution is -2.11. The number of nitrogens with one attached hydrogen (secondary N) is 2. The van der Waals surface area contributed by atoms with Crippen molar-refractivity contribution in [3.05, 3.63) is 72.5 Å². The third-order valence-electron chi connectivity index (χ3n) is 3.50. The number of hydrazone groups is 1. The molecular weight excluding hydrogens is 360 g/mol. The van der Waals surface area contributed by atoms with E-state index in [0.29, 0.717) is 17.0 Å². The summed E-state index contributed by atoms with van der Waals surface area (Å²) in [7, 11) is 0. The number of anilines is 1. The molecular formula is C15H10N6O6. The number of hydrogen-bond acceptors (Lipinski definition) is 9. The highest BCUT2D eigenvalue weighted by Crippen LogP contribution is 2.33. The number of rotatable bonds is 5. The number of H-pyrrole nitrogens is 1. The first-order valence-electron chi connectivity index (χ1n) is 7.30. The molecule has 3 aromatic rings. The number of hydrogen-bond donors (Lipinski definition) is 3. The highest BCUT2D eigenvalue weighted by Gasteiger charge is 2.23. The van der Waals surface area contributed by atoms with Crippen LogP contribution in [-0.2, 0) is 0 Å². The summed E-state index contributed by atoms with van der Waals surface area (Å²) >= 11 is 0. The Balaban J connectivity index is 1.93. The van der Waals surface area contributed by atoms with Gasteiger partial charge in [0.05, 0.1) is 38.6 Å². The largest absolute Gasteiger partial charge is 0.502 e. The Hall–Kier alpha value is -4.35. The van der Waals surface area contributed by atoms with E-state index in [1.807, 2.05) is 0 Å². The van der Waals surface area contributed by atoms with Gasteiger partial charge in [-0.25, -0.2) is 10.4 Å². The van der Waals surface area contributed by atoms with Gasteiger partial charge in [0, 0.05) is 6.07 Å². The molecule has 0 saturated heterocycles. The molecule has 27 heavy (non-hydrogen) atoms. The van der Waals surface area contributed by atoms with E-state index in [2.05, 4.69) is 20.5 Å². The summed E-state index contributed by atoms with van der Waals surface area (Å²) in [6.45, 7) is 0. The third-order valence-corrected chi connectivity index (χ3v) is 3.50. The van der Waals surface area contributed by atoms with Crippen LogP contribution in [0.5, 0.6) is 5.75 Å². The number of phenolic OH excluding ortho intramolecular Hbond substituents is 1. The van der Waals surface area contributed by atoms with Crippen molar-refractivity contribution >= 4 is 34.4 Å². The SMILES string of the molecule is O=c1[nH]c(N/N=C\c2cc([N+](=O)[O-])cc([N+](=O)[O-])c2O)nc2ccccc12. The first-order valence-corrected chi connectivity index (χ1v) is 7.30. The van der Waals surface area contributed by atoms with Gasteiger partial charge in [-0.3, -0.25) is 30.0 Å². The molecule has 0 saturated carbocycles. The molecule has 0 amide bonds. The molecule has 136 valence electrons. The van der Waals surface area contributed by atoms with Crippen molar-refractivity contribution in [2.24, 2.45) is 5.10 Å². The number of non-ortho nitro benzene ring substituents is 1. The lowest BCUT2D eigenvalue weighted by molar-refractivity contribution is -0.394. The minimum atomic E-state index is -0.949. The lowest BCUT2D eigenvalue weighted by atomic mass is 10.1. The van der Waals surface area contributed by atoms with E-state index in [-0.39, 0.29) is 11.5 Å². The second-order valence-corrected chi connectivity index (χ2v) is 5.22. The minimum Gasteiger partial charge on any atom is -0.502 e. The maximum Gasteiger partial charge on any atom is 0.318 e. The van der Waals surface area contributed by atoms with Gasteiger partial charge in [-0.2, -0.15) is 5.10 Å². The molecule has 0 aliphatic heterocycles. The maximum absolute atomic E-state index is 11.9. The summed E-state index contributed by atoms with van der Waals surface area (Å²) in [5, 5.41) is 35.8. The molecule has 0 bridgehead atoms. The molecule has 0 unspecified atom stereocenters. The number of nitrogens with zero attached hydrogens (tertiary/aromatic N) is 4. The number of nitro benzene ring substituents is 2. The van der Waals surface area contributed by atoms with Gasteiger partial charge in [0.25, 0.3) is 11.2 Å². The Kier molecular flexibility index (Phi) is 4.45. The molecule has 0 spiro atoms. The van der Waals surface area contributed by atoms with Crippen LogP contribution in [0.4, 0.5) is 17.3 Å². The maximum atomic E-state index is 11.9. The molecule has 2 aromatic carbocycles. The monoisotopic (exact) mass is 370 g/mol. The van der Waals surface area contributed by atoms with Crippen molar-refractivity contribution in [2.45, 2.75) is 0 Å². The van der Waals surface area contributed by atoms with Crippen LogP contribution >= 0.6 is 0 Å². The first kappa shape index (κ1) is 17.5. The van der Waals surface area contributed by atoms with E-state index < -0.39 is 32.5 Å². The molecule has 3 rings (SSSR count). The Morgan fingerprint density at radius 3 is 2.63 bits per heavy atom. The molecule has 12 heteroatoms. The third kappa shape index (κ3) is 3.53. The number of phenols is 1. The fourth-order valence-corrected chi connectivity index (χ4v) is 2.27. The van der Waals surface area contributed by atoms with Crippen LogP contribution in [0.2, 0.25) is 0 Å². The number of aromatic nitrogens is 2. The van der Waals surface area contributed by atoms with Gasteiger partial charge in [-0.1, -0.05) is 12.1 Å². The summed E-state index contributed by atoms with van der Waals surface area (Å²) in [5.74, 6) is -0.800. The van der Waals surface area contributed by atoms with Gasteiger partial charge in [0.2, 0.25) is 11.7 Å². The average molecular weight is 370 g/mol. The minimum absolute atomic E-state index is 0.0191. The van der Waals surface area contributed by atoms with Crippen LogP contribution in [0.15, 0.2) is 46.3 Å². The molecule has 0 aliphatic rings. The number of fused-ring (bicyclic) bond motifs is 1. The molecule has 0 aliphatic carbocycles. The fraction of sp³-hybridized carbons (Fsp3) is 0. The number of para-hydroxylation sites is 1. The topological polar surface area (TPSA) is 177 Å². The molecule has 0 fully saturated rings. The number of benzene rings is 2. The highest BCUT2D eigenvalue weighted by molar-refractivity contribution is 5.87. The van der Waals surface area contributed by atoms with Crippen molar-refractivity contribution in [3.8, 4) is 5.75 Å². The fourth-order valence-electron chi connectivity index (χ4n) is 2.27. The van der Waals surface area contributed by atoms with Gasteiger partial charge in [0.15, 0.2) is 0 Å². The predicted octanol–water partition coefficient (Wildman–Crippen LogP) is 1.89. The van der Waals surface area contributed by atoms with Crippen LogP contribution in [-0.4, -0.2) is 31.1 Å². The summed E-state index contributed by atoms with van der Waals surface area (Å²) in [5.41, 5.74) is 0.729. The molecule has 0 atom stereocenters. The summed E-state index contributed by atoms with van der Waals surface area (Å²) in [6.07, 6.45) is 0.935. The van der Waals surface area contributed by atoms with Gasteiger partial charge in [-0.15, -0.1) is 0 Å². The van der Waals surface area contributed by atoms with Crippen LogP contribution < -0.4 is 11.0 Å². The number of aromatic amines is 1. The molecule has 1 aromatic heterocycles. The standard InChI is InChI=1S/C15H10N6O6/c22-13-8(5-9(20(24)25)6-12(13)21(26)27)7-16-19-15-17-11-4-2-1-3-10(11)14(23)18-15/h1-7,22H,(H2,17,18,19,23)/b16-7-. The van der Waals surface area contributed by atoms with E-state index in [1.165, 1.54) is 0 Å². The smallest absolute Gasteiger partial charge is 0.318 e. The van der Waals surface area contributed by atoms with Crippen molar-refractivity contribution in [3.63, 3.8) is 0 Å². The first-order chi connectivity index (χ1) is 12.9. The second kappa shape index (κ2) is 6.87. The Bertz CT molecular complexity index is 1160. The van der Waals surface area contributed by atoms with Gasteiger partial charge < -0.3 is 5.11 Å². The van der Waals surface area contributed by atoms with Crippen LogP contribution in [0.1, 0.15) is 5.56 Å². The van der Waals surface area contributed by atoms with E-state index in [4.69, 9.17) is 0 Å². The normalized spacial score (nSPS) is 11.0. The van der Waals surface area contributed by atoms with Crippen LogP contribution in [0, 0.1) is 20.2 Å². The van der Waals surface area contributed by atoms with Gasteiger partial charge >= 0.3 is 5.69 Å². The zero-order valence-electron chi connectivity index (χ0n) is 13.3. The predicted molar refractivity (Wildman–Crippen MR) is 95.0 cm³/mol. The quantitative estimate of drug-likeness (QED) is 0.346. The average Bonchev–Trinajstić information content (AvgIpc) is 2.62. The highest BCUT2D eigenvalue weighted by atomic mass is 16.6. The van der Waals surface area contributed by atoms with Crippen molar-refractivity contribution in [2.75, 3.05) is 5.43 Å². The molecule has 0 radical (unpaired) electrons. The van der Waals surface area contributed by atoms with E-state index in [1.54, 1.807) is 24.3 Å². The second-order valence-electron chi connectivity index (χ2n) is 5.22. The van der Waals surface area contributed by atoms with Gasteiger partial charge in [-0.05, 0) is 12.1 Å². The lowest BCUT2D eigenvalue weighted by Gasteiger charge is -2.03. The zero-order chi connectivity index (χ0) is 19.6. The van der Waals surface area contributed by atoms with E-state index >= 15 is 0 Å². The number of nitro groups is 2. The zero-order valence-corrected chi connectivity index (χ0v) is 13.3. The van der Waals surface area contributed by atoms with Crippen LogP contribution in [0.25, 0.3) is 10.9 Å². The molecule has 12 nitrogen and oxygen atoms in total. The van der Waals surface area contributed by atoms with Crippen LogP contribution in [0.3, 0.4) is 0 Å². The van der Waals surface area contributed by atoms with Crippen molar-refractivity contribution in [1.82, 2.24) is 9.97 Å². The molecule has 1 heterocycles.